The van der Waals surface area contributed by atoms with Crippen molar-refractivity contribution in [2.75, 3.05) is 13.2 Å². The van der Waals surface area contributed by atoms with E-state index < -0.39 is 11.2 Å². The maximum absolute atomic E-state index is 12.4. The quantitative estimate of drug-likeness (QED) is 0.608. The maximum Gasteiger partial charge on any atom is 0.332 e. The van der Waals surface area contributed by atoms with Gasteiger partial charge in [-0.3, -0.25) is 13.9 Å². The topological polar surface area (TPSA) is 80.3 Å². The Hall–Kier alpha value is -2.74. The lowest BCUT2D eigenvalue weighted by atomic mass is 10.3. The van der Waals surface area contributed by atoms with Crippen LogP contribution in [0.4, 0.5) is 0 Å². The first-order valence-corrected chi connectivity index (χ1v) is 8.49. The van der Waals surface area contributed by atoms with Gasteiger partial charge in [-0.1, -0.05) is 0 Å². The van der Waals surface area contributed by atoms with Crippen molar-refractivity contribution in [1.82, 2.24) is 18.7 Å². The second-order valence-electron chi connectivity index (χ2n) is 5.66. The first-order valence-electron chi connectivity index (χ1n) is 8.11. The van der Waals surface area contributed by atoms with Crippen molar-refractivity contribution in [3.05, 3.63) is 50.4 Å². The van der Waals surface area contributed by atoms with Crippen molar-refractivity contribution >= 4 is 22.8 Å². The van der Waals surface area contributed by atoms with Gasteiger partial charge in [0.2, 0.25) is 5.28 Å². The fourth-order valence-corrected chi connectivity index (χ4v) is 2.93. The number of rotatable bonds is 6. The highest BCUT2D eigenvalue weighted by molar-refractivity contribution is 6.29. The molecule has 0 saturated heterocycles. The van der Waals surface area contributed by atoms with Crippen molar-refractivity contribution in [1.29, 1.82) is 0 Å². The van der Waals surface area contributed by atoms with E-state index in [1.54, 1.807) is 23.7 Å². The number of ether oxygens (including phenoxy) is 2. The minimum absolute atomic E-state index is 0.133. The largest absolute Gasteiger partial charge is 0.494 e. The lowest BCUT2D eigenvalue weighted by Gasteiger charge is -2.10. The SMILES string of the molecule is CCOc1ccc(OCCn2c(Cl)nc3c2c(=O)n(C)c(=O)n3C)cc1. The average Bonchev–Trinajstić information content (AvgIpc) is 2.97. The number of hydrogen-bond donors (Lipinski definition) is 0. The summed E-state index contributed by atoms with van der Waals surface area (Å²) in [5.41, 5.74) is -0.364. The van der Waals surface area contributed by atoms with E-state index in [0.717, 1.165) is 10.3 Å². The van der Waals surface area contributed by atoms with Gasteiger partial charge in [0.1, 0.15) is 18.1 Å². The molecule has 8 nitrogen and oxygen atoms in total. The van der Waals surface area contributed by atoms with Gasteiger partial charge in [0.15, 0.2) is 11.2 Å². The van der Waals surface area contributed by atoms with Crippen LogP contribution < -0.4 is 20.7 Å². The fraction of sp³-hybridized carbons (Fsp3) is 0.353. The summed E-state index contributed by atoms with van der Waals surface area (Å²) in [6, 6.07) is 7.26. The molecular formula is C17H19ClN4O4. The Kier molecular flexibility index (Phi) is 5.03. The molecule has 0 amide bonds. The third kappa shape index (κ3) is 3.20. The zero-order valence-corrected chi connectivity index (χ0v) is 15.5. The molecule has 0 aliphatic carbocycles. The number of aromatic nitrogens is 4. The van der Waals surface area contributed by atoms with Crippen LogP contribution >= 0.6 is 11.6 Å². The molecule has 138 valence electrons. The van der Waals surface area contributed by atoms with Crippen LogP contribution in [0.3, 0.4) is 0 Å². The molecule has 0 unspecified atom stereocenters. The molecule has 0 radical (unpaired) electrons. The Morgan fingerprint density at radius 3 is 2.27 bits per heavy atom. The van der Waals surface area contributed by atoms with E-state index in [1.807, 2.05) is 19.1 Å². The van der Waals surface area contributed by atoms with Crippen LogP contribution in [0.1, 0.15) is 6.92 Å². The summed E-state index contributed by atoms with van der Waals surface area (Å²) in [7, 11) is 2.97. The molecule has 9 heteroatoms. The van der Waals surface area contributed by atoms with E-state index in [4.69, 9.17) is 21.1 Å². The lowest BCUT2D eigenvalue weighted by Crippen LogP contribution is -2.37. The summed E-state index contributed by atoms with van der Waals surface area (Å²) in [5, 5.41) is 0.133. The number of halogens is 1. The molecule has 3 rings (SSSR count). The van der Waals surface area contributed by atoms with Gasteiger partial charge in [0.25, 0.3) is 5.56 Å². The van der Waals surface area contributed by atoms with Crippen LogP contribution in [-0.2, 0) is 20.6 Å². The highest BCUT2D eigenvalue weighted by Crippen LogP contribution is 2.19. The summed E-state index contributed by atoms with van der Waals surface area (Å²) in [4.78, 5) is 28.6. The molecule has 0 atom stereocenters. The molecule has 0 saturated carbocycles. The van der Waals surface area contributed by atoms with Crippen molar-refractivity contribution in [3.8, 4) is 11.5 Å². The van der Waals surface area contributed by atoms with Gasteiger partial charge < -0.3 is 14.0 Å². The Morgan fingerprint density at radius 1 is 1.04 bits per heavy atom. The van der Waals surface area contributed by atoms with Gasteiger partial charge in [-0.15, -0.1) is 0 Å². The van der Waals surface area contributed by atoms with E-state index in [-0.39, 0.29) is 23.1 Å². The summed E-state index contributed by atoms with van der Waals surface area (Å²) in [6.45, 7) is 3.12. The molecular weight excluding hydrogens is 360 g/mol. The molecule has 0 fully saturated rings. The van der Waals surface area contributed by atoms with Gasteiger partial charge >= 0.3 is 5.69 Å². The Morgan fingerprint density at radius 2 is 1.65 bits per heavy atom. The van der Waals surface area contributed by atoms with Crippen molar-refractivity contribution in [2.24, 2.45) is 14.1 Å². The highest BCUT2D eigenvalue weighted by Gasteiger charge is 2.17. The normalized spacial score (nSPS) is 11.1. The van der Waals surface area contributed by atoms with Gasteiger partial charge in [0.05, 0.1) is 13.2 Å². The first-order chi connectivity index (χ1) is 12.4. The summed E-state index contributed by atoms with van der Waals surface area (Å²) in [5.74, 6) is 1.45. The molecule has 2 heterocycles. The number of hydrogen-bond acceptors (Lipinski definition) is 5. The van der Waals surface area contributed by atoms with Crippen LogP contribution in [0.25, 0.3) is 11.2 Å². The van der Waals surface area contributed by atoms with Gasteiger partial charge in [0, 0.05) is 14.1 Å². The first kappa shape index (κ1) is 18.1. The van der Waals surface area contributed by atoms with Crippen LogP contribution in [0.5, 0.6) is 11.5 Å². The van der Waals surface area contributed by atoms with Gasteiger partial charge in [-0.25, -0.2) is 4.79 Å². The molecule has 1 aromatic carbocycles. The highest BCUT2D eigenvalue weighted by atomic mass is 35.5. The third-order valence-corrected chi connectivity index (χ3v) is 4.31. The van der Waals surface area contributed by atoms with Crippen LogP contribution in [-0.4, -0.2) is 31.9 Å². The van der Waals surface area contributed by atoms with Crippen LogP contribution in [0.15, 0.2) is 33.9 Å². The zero-order chi connectivity index (χ0) is 18.8. The van der Waals surface area contributed by atoms with E-state index in [2.05, 4.69) is 4.98 Å². The summed E-state index contributed by atoms with van der Waals surface area (Å²) >= 11 is 6.17. The molecule has 0 aliphatic rings. The van der Waals surface area contributed by atoms with Crippen molar-refractivity contribution in [2.45, 2.75) is 13.5 Å². The Balaban J connectivity index is 1.82. The van der Waals surface area contributed by atoms with E-state index in [1.165, 1.54) is 11.6 Å². The minimum atomic E-state index is -0.450. The molecule has 26 heavy (non-hydrogen) atoms. The van der Waals surface area contributed by atoms with Crippen molar-refractivity contribution in [3.63, 3.8) is 0 Å². The van der Waals surface area contributed by atoms with Crippen LogP contribution in [0, 0.1) is 0 Å². The zero-order valence-electron chi connectivity index (χ0n) is 14.7. The maximum atomic E-state index is 12.4. The number of imidazole rings is 1. The lowest BCUT2D eigenvalue weighted by molar-refractivity contribution is 0.298. The predicted molar refractivity (Wildman–Crippen MR) is 98.3 cm³/mol. The van der Waals surface area contributed by atoms with Crippen molar-refractivity contribution < 1.29 is 9.47 Å². The molecule has 3 aromatic rings. The molecule has 0 aliphatic heterocycles. The average molecular weight is 379 g/mol. The smallest absolute Gasteiger partial charge is 0.332 e. The number of benzene rings is 1. The summed E-state index contributed by atoms with van der Waals surface area (Å²) in [6.07, 6.45) is 0. The van der Waals surface area contributed by atoms with E-state index in [0.29, 0.717) is 18.9 Å². The Labute approximate surface area is 154 Å². The van der Waals surface area contributed by atoms with Gasteiger partial charge in [-0.2, -0.15) is 4.98 Å². The molecule has 0 N–H and O–H groups in total. The van der Waals surface area contributed by atoms with Gasteiger partial charge in [-0.05, 0) is 42.8 Å². The fourth-order valence-electron chi connectivity index (χ4n) is 2.68. The molecule has 0 spiro atoms. The summed E-state index contributed by atoms with van der Waals surface area (Å²) < 4.78 is 15.0. The number of fused-ring (bicyclic) bond motifs is 1. The van der Waals surface area contributed by atoms with E-state index in [9.17, 15) is 9.59 Å². The number of nitrogens with zero attached hydrogens (tertiary/aromatic N) is 4. The van der Waals surface area contributed by atoms with Crippen LogP contribution in [0.2, 0.25) is 5.28 Å². The predicted octanol–water partition coefficient (Wildman–Crippen LogP) is 1.56. The molecule has 0 bridgehead atoms. The number of aryl methyl sites for hydroxylation is 1. The standard InChI is InChI=1S/C17H19ClN4O4/c1-4-25-11-5-7-12(8-6-11)26-10-9-22-13-14(19-16(22)18)20(2)17(24)21(3)15(13)23/h5-8H,4,9-10H2,1-3H3. The monoisotopic (exact) mass is 378 g/mol. The minimum Gasteiger partial charge on any atom is -0.494 e. The second kappa shape index (κ2) is 7.25. The third-order valence-electron chi connectivity index (χ3n) is 4.02. The molecule has 2 aromatic heterocycles. The second-order valence-corrected chi connectivity index (χ2v) is 6.00. The van der Waals surface area contributed by atoms with E-state index >= 15 is 0 Å². The Bertz CT molecular complexity index is 1050.